The van der Waals surface area contributed by atoms with E-state index in [0.717, 1.165) is 52.6 Å². The molecule has 1 aromatic heterocycles. The number of ketones is 1. The van der Waals surface area contributed by atoms with Crippen LogP contribution in [0.1, 0.15) is 66.4 Å². The third kappa shape index (κ3) is 4.50. The molecule has 4 heteroatoms. The molecular weight excluding hydrogens is 398 g/mol. The first-order valence-electron chi connectivity index (χ1n) is 11.1. The summed E-state index contributed by atoms with van der Waals surface area (Å²) in [5, 5.41) is 0.774. The first kappa shape index (κ1) is 21.9. The van der Waals surface area contributed by atoms with Crippen molar-refractivity contribution in [3.63, 3.8) is 0 Å². The van der Waals surface area contributed by atoms with Gasteiger partial charge in [0.05, 0.1) is 16.8 Å². The zero-order valence-corrected chi connectivity index (χ0v) is 19.2. The van der Waals surface area contributed by atoms with Gasteiger partial charge in [-0.3, -0.25) is 4.79 Å². The molecule has 0 radical (unpaired) electrons. The predicted molar refractivity (Wildman–Crippen MR) is 128 cm³/mol. The number of esters is 1. The van der Waals surface area contributed by atoms with Crippen molar-refractivity contribution in [2.45, 2.75) is 47.0 Å². The Morgan fingerprint density at radius 1 is 1.03 bits per heavy atom. The Morgan fingerprint density at radius 3 is 2.47 bits per heavy atom. The van der Waals surface area contributed by atoms with Crippen molar-refractivity contribution >= 4 is 34.3 Å². The predicted octanol–water partition coefficient (Wildman–Crippen LogP) is 6.19. The highest BCUT2D eigenvalue weighted by Crippen LogP contribution is 2.36. The Bertz CT molecular complexity index is 1210. The van der Waals surface area contributed by atoms with Gasteiger partial charge in [-0.15, -0.1) is 0 Å². The molecule has 0 N–H and O–H groups in total. The number of ether oxygens (including phenoxy) is 1. The summed E-state index contributed by atoms with van der Waals surface area (Å²) in [5.41, 5.74) is 6.00. The van der Waals surface area contributed by atoms with Crippen molar-refractivity contribution < 1.29 is 14.3 Å². The number of aromatic nitrogens is 1. The van der Waals surface area contributed by atoms with Gasteiger partial charge in [-0.1, -0.05) is 68.8 Å². The van der Waals surface area contributed by atoms with Crippen LogP contribution in [0.4, 0.5) is 0 Å². The average molecular weight is 428 g/mol. The highest BCUT2D eigenvalue weighted by Gasteiger charge is 2.28. The molecule has 0 unspecified atom stereocenters. The molecule has 32 heavy (non-hydrogen) atoms. The lowest BCUT2D eigenvalue weighted by molar-refractivity contribution is -0.129. The number of rotatable bonds is 4. The molecule has 164 valence electrons. The van der Waals surface area contributed by atoms with Gasteiger partial charge in [-0.2, -0.15) is 0 Å². The van der Waals surface area contributed by atoms with Gasteiger partial charge in [0, 0.05) is 10.8 Å². The Labute approximate surface area is 189 Å². The summed E-state index contributed by atoms with van der Waals surface area (Å²) in [5.74, 6) is -0.549. The molecule has 0 atom stereocenters. The molecule has 1 aliphatic carbocycles. The van der Waals surface area contributed by atoms with Crippen molar-refractivity contribution in [3.8, 4) is 0 Å². The quantitative estimate of drug-likeness (QED) is 0.466. The zero-order chi connectivity index (χ0) is 22.9. The summed E-state index contributed by atoms with van der Waals surface area (Å²) >= 11 is 0. The number of hydrogen-bond acceptors (Lipinski definition) is 4. The third-order valence-corrected chi connectivity index (χ3v) is 5.96. The van der Waals surface area contributed by atoms with Gasteiger partial charge in [0.15, 0.2) is 12.4 Å². The highest BCUT2D eigenvalue weighted by molar-refractivity contribution is 6.07. The first-order chi connectivity index (χ1) is 15.2. The summed E-state index contributed by atoms with van der Waals surface area (Å²) < 4.78 is 5.52. The van der Waals surface area contributed by atoms with Crippen LogP contribution in [0, 0.1) is 12.3 Å². The van der Waals surface area contributed by atoms with Crippen molar-refractivity contribution in [3.05, 3.63) is 76.5 Å². The number of benzene rings is 2. The molecule has 1 aliphatic rings. The molecule has 4 rings (SSSR count). The number of carbonyl (C=O) groups excluding carboxylic acids is 2. The SMILES string of the molecule is Cc1ccc(/C=C2\CCCc3c2nc2ccccc2c3C(=O)OCC(=O)C(C)(C)C)cc1. The zero-order valence-electron chi connectivity index (χ0n) is 19.2. The molecule has 0 amide bonds. The summed E-state index contributed by atoms with van der Waals surface area (Å²) in [4.78, 5) is 30.5. The van der Waals surface area contributed by atoms with Crippen molar-refractivity contribution in [2.24, 2.45) is 5.41 Å². The molecule has 3 aromatic rings. The van der Waals surface area contributed by atoms with Crippen LogP contribution in [0.5, 0.6) is 0 Å². The number of pyridine rings is 1. The fourth-order valence-corrected chi connectivity index (χ4v) is 3.99. The van der Waals surface area contributed by atoms with Crippen molar-refractivity contribution in [1.82, 2.24) is 4.98 Å². The van der Waals surface area contributed by atoms with Gasteiger partial charge in [0.1, 0.15) is 0 Å². The average Bonchev–Trinajstić information content (AvgIpc) is 2.77. The molecule has 0 spiro atoms. The number of aryl methyl sites for hydroxylation is 1. The van der Waals surface area contributed by atoms with Gasteiger partial charge in [-0.05, 0) is 55.0 Å². The largest absolute Gasteiger partial charge is 0.454 e. The van der Waals surface area contributed by atoms with Crippen molar-refractivity contribution in [1.29, 1.82) is 0 Å². The molecule has 0 saturated carbocycles. The van der Waals surface area contributed by atoms with E-state index in [1.54, 1.807) is 0 Å². The Morgan fingerprint density at radius 2 is 1.75 bits per heavy atom. The van der Waals surface area contributed by atoms with Crippen LogP contribution in [0.3, 0.4) is 0 Å². The minimum atomic E-state index is -0.552. The number of Topliss-reactive ketones (excluding diaryl/α,β-unsaturated/α-hetero) is 1. The van der Waals surface area contributed by atoms with Crippen LogP contribution in [-0.2, 0) is 16.0 Å². The van der Waals surface area contributed by atoms with Crippen molar-refractivity contribution in [2.75, 3.05) is 6.61 Å². The minimum absolute atomic E-state index is 0.0990. The molecule has 1 heterocycles. The van der Waals surface area contributed by atoms with E-state index in [2.05, 4.69) is 37.3 Å². The molecule has 4 nitrogen and oxygen atoms in total. The van der Waals surface area contributed by atoms with E-state index in [4.69, 9.17) is 9.72 Å². The van der Waals surface area contributed by atoms with E-state index in [-0.39, 0.29) is 12.4 Å². The standard InChI is InChI=1S/C28H29NO3/c1-18-12-14-19(15-13-18)16-20-8-7-10-22-25(27(31)32-17-24(30)28(2,3)4)21-9-5-6-11-23(21)29-26(20)22/h5-6,9,11-16H,7-8,10,17H2,1-4H3/b20-16+. The lowest BCUT2D eigenvalue weighted by Crippen LogP contribution is -2.27. The van der Waals surface area contributed by atoms with Gasteiger partial charge >= 0.3 is 5.97 Å². The van der Waals surface area contributed by atoms with Gasteiger partial charge in [-0.25, -0.2) is 9.78 Å². The molecular formula is C28H29NO3. The molecule has 0 bridgehead atoms. The first-order valence-corrected chi connectivity index (χ1v) is 11.1. The fraction of sp³-hybridized carbons (Fsp3) is 0.321. The van der Waals surface area contributed by atoms with E-state index in [0.29, 0.717) is 5.56 Å². The molecule has 0 saturated heterocycles. The fourth-order valence-electron chi connectivity index (χ4n) is 3.99. The molecule has 0 aliphatic heterocycles. The maximum absolute atomic E-state index is 13.2. The van der Waals surface area contributed by atoms with Gasteiger partial charge < -0.3 is 4.74 Å². The van der Waals surface area contributed by atoms with Crippen LogP contribution in [0.15, 0.2) is 48.5 Å². The Kier molecular flexibility index (Phi) is 5.96. The topological polar surface area (TPSA) is 56.3 Å². The molecule has 2 aromatic carbocycles. The summed E-state index contributed by atoms with van der Waals surface area (Å²) in [6.45, 7) is 7.34. The van der Waals surface area contributed by atoms with E-state index in [1.807, 2.05) is 45.0 Å². The number of nitrogens with zero attached hydrogens (tertiary/aromatic N) is 1. The van der Waals surface area contributed by atoms with Crippen LogP contribution in [-0.4, -0.2) is 23.3 Å². The normalized spacial score (nSPS) is 14.9. The van der Waals surface area contributed by atoms with Crippen LogP contribution < -0.4 is 0 Å². The summed E-state index contributed by atoms with van der Waals surface area (Å²) in [6, 6.07) is 16.0. The number of carbonyl (C=O) groups is 2. The minimum Gasteiger partial charge on any atom is -0.454 e. The third-order valence-electron chi connectivity index (χ3n) is 5.96. The maximum atomic E-state index is 13.2. The maximum Gasteiger partial charge on any atom is 0.339 e. The number of allylic oxidation sites excluding steroid dienone is 1. The van der Waals surface area contributed by atoms with E-state index >= 15 is 0 Å². The second-order valence-corrected chi connectivity index (χ2v) is 9.51. The van der Waals surface area contributed by atoms with Gasteiger partial charge in [0.2, 0.25) is 0 Å². The van der Waals surface area contributed by atoms with Crippen LogP contribution >= 0.6 is 0 Å². The number of fused-ring (bicyclic) bond motifs is 2. The summed E-state index contributed by atoms with van der Waals surface area (Å²) in [6.07, 6.45) is 4.77. The number of hydrogen-bond donors (Lipinski definition) is 0. The number of para-hydroxylation sites is 1. The van der Waals surface area contributed by atoms with Gasteiger partial charge in [0.25, 0.3) is 0 Å². The van der Waals surface area contributed by atoms with Crippen LogP contribution in [0.2, 0.25) is 0 Å². The Hall–Kier alpha value is -3.27. The monoisotopic (exact) mass is 427 g/mol. The lowest BCUT2D eigenvalue weighted by atomic mass is 9.86. The molecule has 0 fully saturated rings. The Balaban J connectivity index is 1.79. The second-order valence-electron chi connectivity index (χ2n) is 9.51. The van der Waals surface area contributed by atoms with E-state index < -0.39 is 11.4 Å². The summed E-state index contributed by atoms with van der Waals surface area (Å²) in [7, 11) is 0. The van der Waals surface area contributed by atoms with E-state index in [1.165, 1.54) is 5.56 Å². The smallest absolute Gasteiger partial charge is 0.339 e. The highest BCUT2D eigenvalue weighted by atomic mass is 16.5. The second kappa shape index (κ2) is 8.70. The van der Waals surface area contributed by atoms with E-state index in [9.17, 15) is 9.59 Å². The lowest BCUT2D eigenvalue weighted by Gasteiger charge is -2.23. The van der Waals surface area contributed by atoms with Crippen LogP contribution in [0.25, 0.3) is 22.6 Å².